The number of fused-ring (bicyclic) bond motifs is 1. The molecule has 132 valence electrons. The van der Waals surface area contributed by atoms with E-state index < -0.39 is 11.6 Å². The average Bonchev–Trinajstić information content (AvgIpc) is 3.07. The topological polar surface area (TPSA) is 94.8 Å². The van der Waals surface area contributed by atoms with Crippen molar-refractivity contribution in [3.63, 3.8) is 0 Å². The van der Waals surface area contributed by atoms with Gasteiger partial charge in [0.15, 0.2) is 11.6 Å². The van der Waals surface area contributed by atoms with E-state index in [4.69, 9.17) is 11.1 Å². The fourth-order valence-electron chi connectivity index (χ4n) is 2.65. The van der Waals surface area contributed by atoms with Crippen molar-refractivity contribution in [2.45, 2.75) is 6.54 Å². The van der Waals surface area contributed by atoms with Crippen molar-refractivity contribution in [2.24, 2.45) is 5.73 Å². The molecule has 1 aromatic heterocycles. The summed E-state index contributed by atoms with van der Waals surface area (Å²) in [5.41, 5.74) is 8.42. The number of carbonyl (C=O) groups is 1. The summed E-state index contributed by atoms with van der Waals surface area (Å²) in [6.45, 7) is 0.0780. The molecule has 0 aliphatic heterocycles. The van der Waals surface area contributed by atoms with Crippen LogP contribution in [0.3, 0.4) is 0 Å². The number of benzene rings is 2. The van der Waals surface area contributed by atoms with E-state index in [1.165, 1.54) is 12.3 Å². The van der Waals surface area contributed by atoms with Crippen LogP contribution in [0, 0.1) is 17.0 Å². The predicted molar refractivity (Wildman–Crippen MR) is 96.8 cm³/mol. The molecule has 0 spiro atoms. The lowest BCUT2D eigenvalue weighted by Crippen LogP contribution is -2.22. The first-order valence-electron chi connectivity index (χ1n) is 7.79. The summed E-state index contributed by atoms with van der Waals surface area (Å²) in [7, 11) is 0. The summed E-state index contributed by atoms with van der Waals surface area (Å²) in [5, 5.41) is 10.7. The molecule has 1 heterocycles. The molecule has 0 fully saturated rings. The Morgan fingerprint density at radius 1 is 1.19 bits per heavy atom. The maximum absolute atomic E-state index is 13.2. The molecule has 2 aromatic carbocycles. The highest BCUT2D eigenvalue weighted by Crippen LogP contribution is 2.22. The Balaban J connectivity index is 1.80. The van der Waals surface area contributed by atoms with E-state index in [1.54, 1.807) is 24.4 Å². The van der Waals surface area contributed by atoms with Gasteiger partial charge in [-0.15, -0.1) is 0 Å². The van der Waals surface area contributed by atoms with Crippen LogP contribution in [0.4, 0.5) is 8.78 Å². The van der Waals surface area contributed by atoms with Crippen molar-refractivity contribution < 1.29 is 13.6 Å². The number of aromatic amines is 1. The molecule has 0 atom stereocenters. The highest BCUT2D eigenvalue weighted by molar-refractivity contribution is 6.11. The third-order valence-electron chi connectivity index (χ3n) is 4.03. The van der Waals surface area contributed by atoms with Crippen LogP contribution in [-0.4, -0.2) is 17.1 Å². The summed E-state index contributed by atoms with van der Waals surface area (Å²) in [6.07, 6.45) is 4.07. The zero-order valence-electron chi connectivity index (χ0n) is 13.6. The van der Waals surface area contributed by atoms with Crippen LogP contribution in [0.1, 0.15) is 21.5 Å². The lowest BCUT2D eigenvalue weighted by atomic mass is 10.0. The largest absolute Gasteiger partial charge is 0.404 e. The van der Waals surface area contributed by atoms with Gasteiger partial charge in [-0.3, -0.25) is 4.79 Å². The third-order valence-corrected chi connectivity index (χ3v) is 4.03. The van der Waals surface area contributed by atoms with Gasteiger partial charge in [0, 0.05) is 41.6 Å². The average molecular weight is 354 g/mol. The summed E-state index contributed by atoms with van der Waals surface area (Å²) < 4.78 is 26.2. The maximum atomic E-state index is 13.2. The third kappa shape index (κ3) is 3.32. The fraction of sp³-hybridized carbons (Fsp3) is 0.0526. The van der Waals surface area contributed by atoms with Crippen molar-refractivity contribution in [1.82, 2.24) is 10.3 Å². The van der Waals surface area contributed by atoms with Crippen LogP contribution in [-0.2, 0) is 6.54 Å². The monoisotopic (exact) mass is 354 g/mol. The van der Waals surface area contributed by atoms with Gasteiger partial charge in [-0.05, 0) is 29.3 Å². The molecule has 0 aliphatic carbocycles. The molecule has 0 unspecified atom stereocenters. The minimum Gasteiger partial charge on any atom is -0.404 e. The second kappa shape index (κ2) is 7.18. The Morgan fingerprint density at radius 2 is 2.00 bits per heavy atom. The smallest absolute Gasteiger partial charge is 0.253 e. The molecule has 0 bridgehead atoms. The van der Waals surface area contributed by atoms with Crippen molar-refractivity contribution >= 4 is 28.6 Å². The SMILES string of the molecule is N=C/C(=C\N)c1ccc2c(C(=O)NCc3ccc(F)c(F)c3)c[nH]c2c1. The quantitative estimate of drug-likeness (QED) is 0.529. The molecule has 0 saturated heterocycles. The molecule has 5 nitrogen and oxygen atoms in total. The minimum atomic E-state index is -0.952. The van der Waals surface area contributed by atoms with E-state index in [-0.39, 0.29) is 12.5 Å². The lowest BCUT2D eigenvalue weighted by molar-refractivity contribution is 0.0952. The van der Waals surface area contributed by atoms with Gasteiger partial charge in [0.1, 0.15) is 0 Å². The molecular weight excluding hydrogens is 338 g/mol. The number of amides is 1. The van der Waals surface area contributed by atoms with Crippen molar-refractivity contribution in [2.75, 3.05) is 0 Å². The van der Waals surface area contributed by atoms with E-state index in [0.29, 0.717) is 22.1 Å². The number of hydrogen-bond acceptors (Lipinski definition) is 3. The van der Waals surface area contributed by atoms with Crippen LogP contribution < -0.4 is 11.1 Å². The summed E-state index contributed by atoms with van der Waals surface area (Å²) in [5.74, 6) is -2.22. The Bertz CT molecular complexity index is 1020. The van der Waals surface area contributed by atoms with Gasteiger partial charge < -0.3 is 21.4 Å². The van der Waals surface area contributed by atoms with Crippen LogP contribution >= 0.6 is 0 Å². The van der Waals surface area contributed by atoms with Gasteiger partial charge in [-0.2, -0.15) is 0 Å². The number of H-pyrrole nitrogens is 1. The summed E-state index contributed by atoms with van der Waals surface area (Å²) >= 11 is 0. The highest BCUT2D eigenvalue weighted by atomic mass is 19.2. The van der Waals surface area contributed by atoms with E-state index in [2.05, 4.69) is 10.3 Å². The van der Waals surface area contributed by atoms with Crippen molar-refractivity contribution in [3.05, 3.63) is 77.1 Å². The molecule has 26 heavy (non-hydrogen) atoms. The van der Waals surface area contributed by atoms with Gasteiger partial charge in [0.2, 0.25) is 0 Å². The van der Waals surface area contributed by atoms with Gasteiger partial charge in [-0.25, -0.2) is 8.78 Å². The molecule has 5 N–H and O–H groups in total. The first-order valence-corrected chi connectivity index (χ1v) is 7.79. The molecule has 0 saturated carbocycles. The summed E-state index contributed by atoms with van der Waals surface area (Å²) in [4.78, 5) is 15.4. The maximum Gasteiger partial charge on any atom is 0.253 e. The number of allylic oxidation sites excluding steroid dienone is 1. The second-order valence-electron chi connectivity index (χ2n) is 5.66. The van der Waals surface area contributed by atoms with Crippen LogP contribution in [0.15, 0.2) is 48.8 Å². The molecule has 1 amide bonds. The number of hydrogen-bond donors (Lipinski definition) is 4. The zero-order chi connectivity index (χ0) is 18.7. The molecule has 7 heteroatoms. The van der Waals surface area contributed by atoms with Gasteiger partial charge in [0.25, 0.3) is 5.91 Å². The van der Waals surface area contributed by atoms with Gasteiger partial charge >= 0.3 is 0 Å². The van der Waals surface area contributed by atoms with Gasteiger partial charge in [0.05, 0.1) is 5.56 Å². The van der Waals surface area contributed by atoms with E-state index in [1.807, 2.05) is 0 Å². The first kappa shape index (κ1) is 17.3. The number of nitrogens with one attached hydrogen (secondary N) is 3. The van der Waals surface area contributed by atoms with E-state index >= 15 is 0 Å². The lowest BCUT2D eigenvalue weighted by Gasteiger charge is -2.06. The Morgan fingerprint density at radius 3 is 2.69 bits per heavy atom. The zero-order valence-corrected chi connectivity index (χ0v) is 13.6. The molecule has 3 aromatic rings. The molecule has 0 radical (unpaired) electrons. The highest BCUT2D eigenvalue weighted by Gasteiger charge is 2.13. The molecule has 0 aliphatic rings. The van der Waals surface area contributed by atoms with E-state index in [0.717, 1.165) is 29.4 Å². The van der Waals surface area contributed by atoms with Crippen LogP contribution in [0.2, 0.25) is 0 Å². The Hall–Kier alpha value is -3.48. The van der Waals surface area contributed by atoms with Gasteiger partial charge in [-0.1, -0.05) is 18.2 Å². The van der Waals surface area contributed by atoms with Crippen LogP contribution in [0.25, 0.3) is 16.5 Å². The number of rotatable bonds is 5. The second-order valence-corrected chi connectivity index (χ2v) is 5.66. The number of halogens is 2. The van der Waals surface area contributed by atoms with Crippen LogP contribution in [0.5, 0.6) is 0 Å². The number of nitrogens with two attached hydrogens (primary N) is 1. The van der Waals surface area contributed by atoms with Crippen molar-refractivity contribution in [1.29, 1.82) is 5.41 Å². The number of aromatic nitrogens is 1. The number of carbonyl (C=O) groups excluding carboxylic acids is 1. The van der Waals surface area contributed by atoms with E-state index in [9.17, 15) is 13.6 Å². The summed E-state index contributed by atoms with van der Waals surface area (Å²) in [6, 6.07) is 8.82. The fourth-order valence-corrected chi connectivity index (χ4v) is 2.65. The first-order chi connectivity index (χ1) is 12.5. The van der Waals surface area contributed by atoms with Crippen molar-refractivity contribution in [3.8, 4) is 0 Å². The Labute approximate surface area is 148 Å². The molecular formula is C19H16F2N4O. The molecule has 3 rings (SSSR count). The Kier molecular flexibility index (Phi) is 4.79. The normalized spacial score (nSPS) is 11.5. The minimum absolute atomic E-state index is 0.0780. The standard InChI is InChI=1S/C19H16F2N4O/c20-16-4-1-11(5-17(16)21)9-25-19(26)15-10-24-18-6-12(2-3-14(15)18)13(7-22)8-23/h1-8,10,22,24H,9,23H2,(H,25,26)/b13-8+,22-7?. The predicted octanol–water partition coefficient (Wildman–Crippen LogP) is 3.33.